The van der Waals surface area contributed by atoms with E-state index in [1.165, 1.54) is 6.92 Å². The van der Waals surface area contributed by atoms with Gasteiger partial charge in [0.1, 0.15) is 6.04 Å². The number of nitrogens with zero attached hydrogens (tertiary/aromatic N) is 1. The summed E-state index contributed by atoms with van der Waals surface area (Å²) in [4.78, 5) is 43.6. The number of Topliss-reactive ketones (excluding diaryl/α,β-unsaturated/α-hetero) is 1. The quantitative estimate of drug-likeness (QED) is 0.149. The number of esters is 1. The van der Waals surface area contributed by atoms with Crippen molar-refractivity contribution in [2.75, 3.05) is 0 Å². The SMILES string of the molecule is CC(=O)OC1(c2ccccc2)c2ccccc2C2(C(=O)c3ccccc3)C(=O)N([C@H](C)c3ccccc3)C21. The largest absolute Gasteiger partial charge is 0.447 e. The minimum atomic E-state index is -1.54. The van der Waals surface area contributed by atoms with Crippen LogP contribution < -0.4 is 0 Å². The van der Waals surface area contributed by atoms with E-state index in [-0.39, 0.29) is 17.7 Å². The maximum Gasteiger partial charge on any atom is 0.303 e. The van der Waals surface area contributed by atoms with E-state index in [2.05, 4.69) is 0 Å². The monoisotopic (exact) mass is 501 g/mol. The summed E-state index contributed by atoms with van der Waals surface area (Å²) in [5, 5.41) is 0. The van der Waals surface area contributed by atoms with Crippen LogP contribution >= 0.6 is 0 Å². The highest BCUT2D eigenvalue weighted by Crippen LogP contribution is 2.64. The molecule has 188 valence electrons. The fourth-order valence-corrected chi connectivity index (χ4v) is 6.49. The van der Waals surface area contributed by atoms with Crippen LogP contribution in [0.3, 0.4) is 0 Å². The third-order valence-electron chi connectivity index (χ3n) is 8.00. The Kier molecular flexibility index (Phi) is 5.53. The molecule has 1 heterocycles. The lowest BCUT2D eigenvalue weighted by atomic mass is 9.61. The molecule has 1 fully saturated rings. The Bertz CT molecular complexity index is 1540. The third kappa shape index (κ3) is 3.08. The summed E-state index contributed by atoms with van der Waals surface area (Å²) in [6.07, 6.45) is 0. The number of benzene rings is 4. The van der Waals surface area contributed by atoms with Crippen molar-refractivity contribution in [3.63, 3.8) is 0 Å². The number of β-lactam (4-membered cyclic amide) rings is 1. The molecule has 1 aliphatic carbocycles. The van der Waals surface area contributed by atoms with Gasteiger partial charge in [0.25, 0.3) is 0 Å². The summed E-state index contributed by atoms with van der Waals surface area (Å²) < 4.78 is 6.34. The van der Waals surface area contributed by atoms with E-state index in [1.807, 2.05) is 97.9 Å². The maximum atomic E-state index is 14.5. The molecular weight excluding hydrogens is 474 g/mol. The van der Waals surface area contributed by atoms with E-state index < -0.39 is 23.0 Å². The van der Waals surface area contributed by atoms with Gasteiger partial charge in [-0.25, -0.2) is 0 Å². The predicted octanol–water partition coefficient (Wildman–Crippen LogP) is 5.60. The molecule has 0 radical (unpaired) electrons. The third-order valence-corrected chi connectivity index (χ3v) is 8.00. The van der Waals surface area contributed by atoms with Gasteiger partial charge in [-0.05, 0) is 18.1 Å². The molecule has 3 unspecified atom stereocenters. The first kappa shape index (κ1) is 23.9. The van der Waals surface area contributed by atoms with Crippen molar-refractivity contribution in [3.8, 4) is 0 Å². The van der Waals surface area contributed by atoms with Crippen molar-refractivity contribution in [2.45, 2.75) is 36.9 Å². The van der Waals surface area contributed by atoms with Crippen molar-refractivity contribution >= 4 is 17.7 Å². The van der Waals surface area contributed by atoms with Gasteiger partial charge in [0.2, 0.25) is 5.91 Å². The first-order valence-electron chi connectivity index (χ1n) is 12.8. The lowest BCUT2D eigenvalue weighted by Gasteiger charge is -2.58. The number of hydrogen-bond acceptors (Lipinski definition) is 4. The fourth-order valence-electron chi connectivity index (χ4n) is 6.49. The zero-order valence-corrected chi connectivity index (χ0v) is 21.2. The lowest BCUT2D eigenvalue weighted by molar-refractivity contribution is -0.188. The van der Waals surface area contributed by atoms with E-state index in [0.717, 1.165) is 5.56 Å². The Morgan fingerprint density at radius 3 is 1.89 bits per heavy atom. The molecule has 0 bridgehead atoms. The predicted molar refractivity (Wildman–Crippen MR) is 143 cm³/mol. The average molecular weight is 502 g/mol. The summed E-state index contributed by atoms with van der Waals surface area (Å²) >= 11 is 0. The number of hydrogen-bond donors (Lipinski definition) is 0. The van der Waals surface area contributed by atoms with Gasteiger partial charge in [-0.2, -0.15) is 0 Å². The fraction of sp³-hybridized carbons (Fsp3) is 0.182. The van der Waals surface area contributed by atoms with Gasteiger partial charge < -0.3 is 9.64 Å². The first-order chi connectivity index (χ1) is 18.4. The smallest absolute Gasteiger partial charge is 0.303 e. The molecule has 0 aromatic heterocycles. The van der Waals surface area contributed by atoms with Crippen LogP contribution in [-0.2, 0) is 25.3 Å². The Balaban J connectivity index is 1.67. The van der Waals surface area contributed by atoms with Crippen molar-refractivity contribution in [1.29, 1.82) is 0 Å². The van der Waals surface area contributed by atoms with Gasteiger partial charge in [-0.1, -0.05) is 115 Å². The summed E-state index contributed by atoms with van der Waals surface area (Å²) in [5.74, 6) is -1.06. The first-order valence-corrected chi connectivity index (χ1v) is 12.8. The Hall–Kier alpha value is -4.51. The highest BCUT2D eigenvalue weighted by Gasteiger charge is 2.79. The van der Waals surface area contributed by atoms with E-state index in [1.54, 1.807) is 29.2 Å². The van der Waals surface area contributed by atoms with E-state index in [0.29, 0.717) is 22.3 Å². The van der Waals surface area contributed by atoms with E-state index in [9.17, 15) is 14.4 Å². The van der Waals surface area contributed by atoms with Gasteiger partial charge in [0.15, 0.2) is 16.8 Å². The number of rotatable bonds is 6. The van der Waals surface area contributed by atoms with Crippen LogP contribution in [0.1, 0.15) is 52.5 Å². The van der Waals surface area contributed by atoms with Gasteiger partial charge in [0, 0.05) is 23.6 Å². The van der Waals surface area contributed by atoms with Crippen LogP contribution in [0.4, 0.5) is 0 Å². The molecule has 0 saturated carbocycles. The van der Waals surface area contributed by atoms with Gasteiger partial charge >= 0.3 is 5.97 Å². The van der Waals surface area contributed by atoms with Crippen LogP contribution in [0.5, 0.6) is 0 Å². The molecule has 0 spiro atoms. The van der Waals surface area contributed by atoms with Crippen LogP contribution in [0.25, 0.3) is 0 Å². The second-order valence-corrected chi connectivity index (χ2v) is 9.95. The molecule has 5 heteroatoms. The lowest BCUT2D eigenvalue weighted by Crippen LogP contribution is -2.77. The standard InChI is InChI=1S/C33H27NO4/c1-22(24-14-6-3-7-15-24)34-30-32(31(34)37,29(36)25-16-8-4-9-17-25)27-20-12-13-21-28(27)33(30,38-23(2)35)26-18-10-5-11-19-26/h3-22,30H,1-2H3/t22-,30?,32?,33?/m1/s1. The van der Waals surface area contributed by atoms with Crippen LogP contribution in [-0.4, -0.2) is 28.6 Å². The van der Waals surface area contributed by atoms with Crippen molar-refractivity contribution in [3.05, 3.63) is 143 Å². The second-order valence-electron chi connectivity index (χ2n) is 9.95. The number of likely N-dealkylation sites (tertiary alicyclic amines) is 1. The summed E-state index contributed by atoms with van der Waals surface area (Å²) in [5.41, 5.74) is 0.435. The summed E-state index contributed by atoms with van der Waals surface area (Å²) in [7, 11) is 0. The molecule has 38 heavy (non-hydrogen) atoms. The van der Waals surface area contributed by atoms with E-state index in [4.69, 9.17) is 4.74 Å². The van der Waals surface area contributed by atoms with Crippen LogP contribution in [0, 0.1) is 0 Å². The van der Waals surface area contributed by atoms with Crippen molar-refractivity contribution in [2.24, 2.45) is 0 Å². The molecule has 6 rings (SSSR count). The number of ether oxygens (including phenoxy) is 1. The summed E-state index contributed by atoms with van der Waals surface area (Å²) in [6.45, 7) is 3.33. The number of amides is 1. The zero-order chi connectivity index (χ0) is 26.5. The van der Waals surface area contributed by atoms with E-state index >= 15 is 0 Å². The average Bonchev–Trinajstić information content (AvgIpc) is 3.17. The molecule has 4 aromatic carbocycles. The topological polar surface area (TPSA) is 63.7 Å². The number of ketones is 1. The molecule has 4 atom stereocenters. The highest BCUT2D eigenvalue weighted by molar-refractivity contribution is 6.24. The highest BCUT2D eigenvalue weighted by atomic mass is 16.6. The number of fused-ring (bicyclic) bond motifs is 3. The van der Waals surface area contributed by atoms with Crippen molar-refractivity contribution in [1.82, 2.24) is 4.90 Å². The van der Waals surface area contributed by atoms with Crippen molar-refractivity contribution < 1.29 is 19.1 Å². The Morgan fingerprint density at radius 1 is 0.763 bits per heavy atom. The molecule has 5 nitrogen and oxygen atoms in total. The normalized spacial score (nSPS) is 24.1. The Labute approximate surface area is 221 Å². The summed E-state index contributed by atoms with van der Waals surface area (Å²) in [6, 6.07) is 34.3. The molecule has 0 N–H and O–H groups in total. The number of carbonyl (C=O) groups excluding carboxylic acids is 3. The second kappa shape index (κ2) is 8.80. The van der Waals surface area contributed by atoms with Gasteiger partial charge in [0.05, 0.1) is 6.04 Å². The van der Waals surface area contributed by atoms with Gasteiger partial charge in [-0.3, -0.25) is 14.4 Å². The minimum absolute atomic E-state index is 0.287. The van der Waals surface area contributed by atoms with Crippen LogP contribution in [0.15, 0.2) is 115 Å². The number of carbonyl (C=O) groups is 3. The zero-order valence-electron chi connectivity index (χ0n) is 21.2. The molecule has 1 aliphatic heterocycles. The Morgan fingerprint density at radius 2 is 1.29 bits per heavy atom. The van der Waals surface area contributed by atoms with Crippen LogP contribution in [0.2, 0.25) is 0 Å². The van der Waals surface area contributed by atoms with Gasteiger partial charge in [-0.15, -0.1) is 0 Å². The molecular formula is C33H27NO4. The molecule has 1 amide bonds. The minimum Gasteiger partial charge on any atom is -0.447 e. The molecule has 1 saturated heterocycles. The molecule has 2 aliphatic rings. The molecule has 4 aromatic rings. The maximum absolute atomic E-state index is 14.5.